The molecule has 2 unspecified atom stereocenters. The van der Waals surface area contributed by atoms with Crippen molar-refractivity contribution in [3.63, 3.8) is 0 Å². The van der Waals surface area contributed by atoms with E-state index in [0.29, 0.717) is 24.5 Å². The van der Waals surface area contributed by atoms with Crippen molar-refractivity contribution in [1.29, 1.82) is 5.26 Å². The Morgan fingerprint density at radius 1 is 0.944 bits per heavy atom. The van der Waals surface area contributed by atoms with Crippen LogP contribution in [0.15, 0.2) is 48.5 Å². The molecule has 0 aromatic heterocycles. The fraction of sp³-hybridized carbons (Fsp3) is 0.517. The van der Waals surface area contributed by atoms with Crippen LogP contribution in [0, 0.1) is 17.2 Å². The SMILES string of the molecule is N#Cc1ccc2c(c1)OC(CCN1CCC(CCCN3C(=O)OCC3Cc3ccccc3)CC1)CO2. The zero-order valence-electron chi connectivity index (χ0n) is 20.8. The number of hydrogen-bond donors (Lipinski definition) is 0. The van der Waals surface area contributed by atoms with Gasteiger partial charge in [-0.25, -0.2) is 4.79 Å². The molecule has 0 spiro atoms. The fourth-order valence-corrected chi connectivity index (χ4v) is 5.52. The predicted molar refractivity (Wildman–Crippen MR) is 136 cm³/mol. The van der Waals surface area contributed by atoms with E-state index in [1.54, 1.807) is 12.1 Å². The third-order valence-corrected chi connectivity index (χ3v) is 7.67. The third-order valence-electron chi connectivity index (χ3n) is 7.67. The average molecular weight is 490 g/mol. The first-order chi connectivity index (χ1) is 17.7. The Morgan fingerprint density at radius 2 is 1.78 bits per heavy atom. The van der Waals surface area contributed by atoms with Gasteiger partial charge in [0.2, 0.25) is 0 Å². The van der Waals surface area contributed by atoms with Gasteiger partial charge in [-0.15, -0.1) is 0 Å². The van der Waals surface area contributed by atoms with Crippen molar-refractivity contribution in [2.45, 2.75) is 50.7 Å². The zero-order valence-corrected chi connectivity index (χ0v) is 20.8. The smallest absolute Gasteiger partial charge is 0.410 e. The van der Waals surface area contributed by atoms with Crippen LogP contribution in [0.2, 0.25) is 0 Å². The Morgan fingerprint density at radius 3 is 2.58 bits per heavy atom. The van der Waals surface area contributed by atoms with Gasteiger partial charge < -0.3 is 24.0 Å². The van der Waals surface area contributed by atoms with Crippen molar-refractivity contribution in [2.75, 3.05) is 39.4 Å². The summed E-state index contributed by atoms with van der Waals surface area (Å²) in [4.78, 5) is 16.7. The average Bonchev–Trinajstić information content (AvgIpc) is 3.26. The van der Waals surface area contributed by atoms with Gasteiger partial charge in [0.15, 0.2) is 11.5 Å². The number of nitriles is 1. The molecule has 2 atom stereocenters. The zero-order chi connectivity index (χ0) is 24.7. The summed E-state index contributed by atoms with van der Waals surface area (Å²) in [5.41, 5.74) is 1.84. The first-order valence-corrected chi connectivity index (χ1v) is 13.2. The Bertz CT molecular complexity index is 1060. The highest BCUT2D eigenvalue weighted by atomic mass is 16.6. The monoisotopic (exact) mass is 489 g/mol. The van der Waals surface area contributed by atoms with Crippen LogP contribution >= 0.6 is 0 Å². The minimum Gasteiger partial charge on any atom is -0.486 e. The second kappa shape index (κ2) is 11.7. The van der Waals surface area contributed by atoms with Gasteiger partial charge in [-0.05, 0) is 68.8 Å². The lowest BCUT2D eigenvalue weighted by Gasteiger charge is -2.34. The van der Waals surface area contributed by atoms with Gasteiger partial charge in [0, 0.05) is 25.6 Å². The van der Waals surface area contributed by atoms with E-state index >= 15 is 0 Å². The van der Waals surface area contributed by atoms with E-state index in [-0.39, 0.29) is 18.2 Å². The molecule has 3 aliphatic rings. The normalized spacial score (nSPS) is 22.3. The van der Waals surface area contributed by atoms with E-state index in [0.717, 1.165) is 63.5 Å². The number of benzene rings is 2. The quantitative estimate of drug-likeness (QED) is 0.511. The maximum atomic E-state index is 12.3. The van der Waals surface area contributed by atoms with Crippen molar-refractivity contribution in [2.24, 2.45) is 5.92 Å². The van der Waals surface area contributed by atoms with Crippen LogP contribution in [0.1, 0.15) is 43.2 Å². The lowest BCUT2D eigenvalue weighted by atomic mass is 9.92. The number of carbonyl (C=O) groups excluding carboxylic acids is 1. The van der Waals surface area contributed by atoms with Crippen LogP contribution < -0.4 is 9.47 Å². The molecule has 0 aliphatic carbocycles. The van der Waals surface area contributed by atoms with Gasteiger partial charge in [-0.1, -0.05) is 30.3 Å². The molecule has 7 heteroatoms. The maximum Gasteiger partial charge on any atom is 0.410 e. The summed E-state index contributed by atoms with van der Waals surface area (Å²) >= 11 is 0. The topological polar surface area (TPSA) is 75.0 Å². The summed E-state index contributed by atoms with van der Waals surface area (Å²) in [6.07, 6.45) is 6.23. The predicted octanol–water partition coefficient (Wildman–Crippen LogP) is 4.64. The van der Waals surface area contributed by atoms with Crippen LogP contribution in [0.25, 0.3) is 0 Å². The molecular weight excluding hydrogens is 454 g/mol. The van der Waals surface area contributed by atoms with E-state index in [2.05, 4.69) is 23.1 Å². The van der Waals surface area contributed by atoms with Crippen molar-refractivity contribution >= 4 is 6.09 Å². The highest BCUT2D eigenvalue weighted by molar-refractivity contribution is 5.70. The van der Waals surface area contributed by atoms with Crippen molar-refractivity contribution < 1.29 is 19.0 Å². The molecule has 1 amide bonds. The summed E-state index contributed by atoms with van der Waals surface area (Å²) in [5.74, 6) is 2.12. The number of likely N-dealkylation sites (tertiary alicyclic amines) is 1. The molecule has 0 saturated carbocycles. The highest BCUT2D eigenvalue weighted by Crippen LogP contribution is 2.33. The maximum absolute atomic E-state index is 12.3. The van der Waals surface area contributed by atoms with E-state index in [1.165, 1.54) is 18.4 Å². The molecule has 190 valence electrons. The lowest BCUT2D eigenvalue weighted by molar-refractivity contribution is 0.0694. The molecule has 2 aromatic rings. The molecule has 3 aliphatic heterocycles. The Labute approximate surface area is 213 Å². The Balaban J connectivity index is 0.997. The number of ether oxygens (including phenoxy) is 3. The largest absolute Gasteiger partial charge is 0.486 e. The van der Waals surface area contributed by atoms with Gasteiger partial charge in [-0.2, -0.15) is 5.26 Å². The second-order valence-electron chi connectivity index (χ2n) is 10.2. The third kappa shape index (κ3) is 6.11. The Hall–Kier alpha value is -3.24. The molecule has 0 bridgehead atoms. The summed E-state index contributed by atoms with van der Waals surface area (Å²) in [7, 11) is 0. The number of amides is 1. The lowest BCUT2D eigenvalue weighted by Crippen LogP contribution is -2.39. The summed E-state index contributed by atoms with van der Waals surface area (Å²) in [6, 6.07) is 18.0. The summed E-state index contributed by atoms with van der Waals surface area (Å²) in [6.45, 7) is 5.04. The van der Waals surface area contributed by atoms with Crippen LogP contribution in [0.3, 0.4) is 0 Å². The number of carbonyl (C=O) groups is 1. The number of hydrogen-bond acceptors (Lipinski definition) is 6. The van der Waals surface area contributed by atoms with Crippen LogP contribution in [-0.4, -0.2) is 67.4 Å². The van der Waals surface area contributed by atoms with Crippen LogP contribution in [-0.2, 0) is 11.2 Å². The van der Waals surface area contributed by atoms with Crippen LogP contribution in [0.5, 0.6) is 11.5 Å². The first-order valence-electron chi connectivity index (χ1n) is 13.2. The molecule has 0 N–H and O–H groups in total. The van der Waals surface area contributed by atoms with Gasteiger partial charge >= 0.3 is 6.09 Å². The molecule has 36 heavy (non-hydrogen) atoms. The molecule has 5 rings (SSSR count). The number of rotatable bonds is 9. The van der Waals surface area contributed by atoms with Crippen molar-refractivity contribution in [3.8, 4) is 17.6 Å². The minimum absolute atomic E-state index is 0.0215. The summed E-state index contributed by atoms with van der Waals surface area (Å²) < 4.78 is 17.3. The molecule has 2 fully saturated rings. The van der Waals surface area contributed by atoms with Gasteiger partial charge in [0.05, 0.1) is 17.7 Å². The highest BCUT2D eigenvalue weighted by Gasteiger charge is 2.32. The van der Waals surface area contributed by atoms with Crippen molar-refractivity contribution in [1.82, 2.24) is 9.80 Å². The molecule has 2 aromatic carbocycles. The second-order valence-corrected chi connectivity index (χ2v) is 10.2. The Kier molecular flexibility index (Phi) is 7.92. The number of cyclic esters (lactones) is 1. The van der Waals surface area contributed by atoms with E-state index in [1.807, 2.05) is 29.2 Å². The fourth-order valence-electron chi connectivity index (χ4n) is 5.52. The molecule has 3 heterocycles. The first kappa shape index (κ1) is 24.5. The molecule has 2 saturated heterocycles. The van der Waals surface area contributed by atoms with E-state index in [4.69, 9.17) is 19.5 Å². The molecule has 7 nitrogen and oxygen atoms in total. The number of fused-ring (bicyclic) bond motifs is 1. The molecular formula is C29H35N3O4. The summed E-state index contributed by atoms with van der Waals surface area (Å²) in [5, 5.41) is 9.11. The van der Waals surface area contributed by atoms with Gasteiger partial charge in [-0.3, -0.25) is 0 Å². The van der Waals surface area contributed by atoms with Gasteiger partial charge in [0.25, 0.3) is 0 Å². The van der Waals surface area contributed by atoms with Crippen molar-refractivity contribution in [3.05, 3.63) is 59.7 Å². The van der Waals surface area contributed by atoms with E-state index in [9.17, 15) is 4.79 Å². The number of piperidine rings is 1. The van der Waals surface area contributed by atoms with Crippen LogP contribution in [0.4, 0.5) is 4.79 Å². The molecule has 0 radical (unpaired) electrons. The van der Waals surface area contributed by atoms with Gasteiger partial charge in [0.1, 0.15) is 19.3 Å². The minimum atomic E-state index is -0.161. The van der Waals surface area contributed by atoms with E-state index < -0.39 is 0 Å². The number of nitrogens with zero attached hydrogens (tertiary/aromatic N) is 3. The standard InChI is InChI=1S/C29H35N3O4/c30-19-24-8-9-27-28(18-24)36-26(21-34-27)12-16-31-14-10-22(11-15-31)7-4-13-32-25(20-35-29(32)33)17-23-5-2-1-3-6-23/h1-3,5-6,8-9,18,22,25-26H,4,7,10-17,20-21H2.